The zero-order valence-electron chi connectivity index (χ0n) is 13.3. The van der Waals surface area contributed by atoms with Crippen molar-refractivity contribution in [3.05, 3.63) is 27.7 Å². The lowest BCUT2D eigenvalue weighted by atomic mass is 9.87. The van der Waals surface area contributed by atoms with Crippen molar-refractivity contribution in [3.8, 4) is 11.8 Å². The summed E-state index contributed by atoms with van der Waals surface area (Å²) >= 11 is 12.1. The number of hydrogen-bond donors (Lipinski definition) is 1. The molecule has 0 fully saturated rings. The first-order chi connectivity index (χ1) is 10.1. The normalized spacial score (nSPS) is 13.9. The largest absolute Gasteiger partial charge is 0.479 e. The van der Waals surface area contributed by atoms with Crippen molar-refractivity contribution < 1.29 is 9.53 Å². The third kappa shape index (κ3) is 4.53. The van der Waals surface area contributed by atoms with Crippen molar-refractivity contribution >= 4 is 29.1 Å². The highest BCUT2D eigenvalue weighted by molar-refractivity contribution is 6.36. The summed E-state index contributed by atoms with van der Waals surface area (Å²) in [6.45, 7) is 9.02. The van der Waals surface area contributed by atoms with Gasteiger partial charge in [-0.15, -0.1) is 0 Å². The fraction of sp³-hybridized carbons (Fsp3) is 0.500. The van der Waals surface area contributed by atoms with Gasteiger partial charge in [0.05, 0.1) is 11.1 Å². The summed E-state index contributed by atoms with van der Waals surface area (Å²) < 4.78 is 5.59. The molecule has 2 unspecified atom stereocenters. The maximum atomic E-state index is 12.2. The van der Waals surface area contributed by atoms with Crippen LogP contribution in [0.2, 0.25) is 10.0 Å². The van der Waals surface area contributed by atoms with Crippen LogP contribution >= 0.6 is 23.2 Å². The molecule has 0 heterocycles. The van der Waals surface area contributed by atoms with Gasteiger partial charge in [0.2, 0.25) is 0 Å². The molecule has 1 N–H and O–H groups in total. The van der Waals surface area contributed by atoms with Gasteiger partial charge in [-0.25, -0.2) is 0 Å². The number of hydrogen-bond acceptors (Lipinski definition) is 3. The number of nitrogens with one attached hydrogen (secondary N) is 1. The second-order valence-electron chi connectivity index (χ2n) is 6.18. The lowest BCUT2D eigenvalue weighted by molar-refractivity contribution is -0.128. The lowest BCUT2D eigenvalue weighted by Gasteiger charge is -2.27. The Hall–Kier alpha value is -1.44. The van der Waals surface area contributed by atoms with Crippen molar-refractivity contribution in [2.24, 2.45) is 5.41 Å². The van der Waals surface area contributed by atoms with Crippen LogP contribution < -0.4 is 10.1 Å². The van der Waals surface area contributed by atoms with Crippen molar-refractivity contribution in [3.63, 3.8) is 0 Å². The van der Waals surface area contributed by atoms with Gasteiger partial charge in [-0.3, -0.25) is 4.79 Å². The van der Waals surface area contributed by atoms with Crippen molar-refractivity contribution in [1.82, 2.24) is 5.32 Å². The average Bonchev–Trinajstić information content (AvgIpc) is 2.43. The fourth-order valence-corrected chi connectivity index (χ4v) is 2.09. The number of benzene rings is 1. The molecular weight excluding hydrogens is 323 g/mol. The molecule has 0 aromatic heterocycles. The molecule has 0 saturated heterocycles. The van der Waals surface area contributed by atoms with Crippen LogP contribution in [0.25, 0.3) is 0 Å². The Morgan fingerprint density at radius 2 is 1.95 bits per heavy atom. The Bertz CT molecular complexity index is 603. The van der Waals surface area contributed by atoms with Crippen molar-refractivity contribution in [2.75, 3.05) is 0 Å². The van der Waals surface area contributed by atoms with Crippen LogP contribution in [0.1, 0.15) is 33.3 Å². The van der Waals surface area contributed by atoms with Crippen molar-refractivity contribution in [2.45, 2.75) is 46.8 Å². The summed E-state index contributed by atoms with van der Waals surface area (Å²) in [5, 5.41) is 12.7. The minimum absolute atomic E-state index is 0.362. The molecule has 0 spiro atoms. The van der Waals surface area contributed by atoms with Gasteiger partial charge in [0.1, 0.15) is 11.8 Å². The molecule has 0 aliphatic carbocycles. The zero-order valence-corrected chi connectivity index (χ0v) is 14.8. The Morgan fingerprint density at radius 1 is 1.36 bits per heavy atom. The summed E-state index contributed by atoms with van der Waals surface area (Å²) in [6.07, 6.45) is -0.781. The standard InChI is InChI=1S/C16H20Cl2N2O2/c1-9-11(17)6-7-12(14(9)18)22-10(2)15(21)20-13(8-19)16(3,4)5/h6-7,10,13H,1-5H3,(H,20,21). The van der Waals surface area contributed by atoms with E-state index < -0.39 is 12.1 Å². The quantitative estimate of drug-likeness (QED) is 0.894. The summed E-state index contributed by atoms with van der Waals surface area (Å²) in [5.74, 6) is 0.0145. The van der Waals surface area contributed by atoms with E-state index in [0.717, 1.165) is 0 Å². The van der Waals surface area contributed by atoms with Crippen LogP contribution in [0, 0.1) is 23.7 Å². The van der Waals surface area contributed by atoms with E-state index in [0.29, 0.717) is 21.4 Å². The number of carbonyl (C=O) groups excluding carboxylic acids is 1. The number of halogens is 2. The van der Waals surface area contributed by atoms with Crippen LogP contribution in [0.15, 0.2) is 12.1 Å². The summed E-state index contributed by atoms with van der Waals surface area (Å²) in [4.78, 5) is 12.2. The van der Waals surface area contributed by atoms with E-state index in [1.54, 1.807) is 26.0 Å². The van der Waals surface area contributed by atoms with Crippen LogP contribution in [0.3, 0.4) is 0 Å². The average molecular weight is 343 g/mol. The molecule has 4 nitrogen and oxygen atoms in total. The van der Waals surface area contributed by atoms with E-state index in [4.69, 9.17) is 33.2 Å². The van der Waals surface area contributed by atoms with Crippen molar-refractivity contribution in [1.29, 1.82) is 5.26 Å². The van der Waals surface area contributed by atoms with Gasteiger partial charge in [-0.2, -0.15) is 5.26 Å². The first-order valence-electron chi connectivity index (χ1n) is 6.89. The molecule has 2 atom stereocenters. The molecule has 0 bridgehead atoms. The highest BCUT2D eigenvalue weighted by atomic mass is 35.5. The van der Waals surface area contributed by atoms with Crippen LogP contribution in [0.4, 0.5) is 0 Å². The van der Waals surface area contributed by atoms with Crippen LogP contribution in [0.5, 0.6) is 5.75 Å². The SMILES string of the molecule is Cc1c(Cl)ccc(OC(C)C(=O)NC(C#N)C(C)(C)C)c1Cl. The predicted molar refractivity (Wildman–Crippen MR) is 88.3 cm³/mol. The number of amides is 1. The number of nitrogens with zero attached hydrogens (tertiary/aromatic N) is 1. The topological polar surface area (TPSA) is 62.1 Å². The van der Waals surface area contributed by atoms with Gasteiger partial charge in [0.15, 0.2) is 6.10 Å². The number of carbonyl (C=O) groups is 1. The monoisotopic (exact) mass is 342 g/mol. The third-order valence-corrected chi connectivity index (χ3v) is 4.12. The molecule has 1 aromatic rings. The molecule has 0 aliphatic rings. The molecular formula is C16H20Cl2N2O2. The number of ether oxygens (including phenoxy) is 1. The van der Waals surface area contributed by atoms with Gasteiger partial charge in [0.25, 0.3) is 5.91 Å². The first-order valence-corrected chi connectivity index (χ1v) is 7.64. The highest BCUT2D eigenvalue weighted by Crippen LogP contribution is 2.33. The van der Waals surface area contributed by atoms with Gasteiger partial charge in [-0.05, 0) is 37.0 Å². The summed E-state index contributed by atoms with van der Waals surface area (Å²) in [7, 11) is 0. The molecule has 1 aromatic carbocycles. The smallest absolute Gasteiger partial charge is 0.261 e. The van der Waals surface area contributed by atoms with Crippen LogP contribution in [-0.2, 0) is 4.79 Å². The molecule has 1 amide bonds. The maximum Gasteiger partial charge on any atom is 0.261 e. The van der Waals surface area contributed by atoms with E-state index in [1.807, 2.05) is 20.8 Å². The van der Waals surface area contributed by atoms with E-state index in [9.17, 15) is 4.79 Å². The van der Waals surface area contributed by atoms with E-state index in [-0.39, 0.29) is 11.3 Å². The Morgan fingerprint density at radius 3 is 2.45 bits per heavy atom. The van der Waals surface area contributed by atoms with E-state index in [1.165, 1.54) is 0 Å². The third-order valence-electron chi connectivity index (χ3n) is 3.24. The van der Waals surface area contributed by atoms with E-state index >= 15 is 0 Å². The molecule has 0 radical (unpaired) electrons. The van der Waals surface area contributed by atoms with Crippen LogP contribution in [-0.4, -0.2) is 18.1 Å². The fourth-order valence-electron chi connectivity index (χ4n) is 1.67. The molecule has 0 aliphatic heterocycles. The second-order valence-corrected chi connectivity index (χ2v) is 6.97. The van der Waals surface area contributed by atoms with Gasteiger partial charge in [-0.1, -0.05) is 44.0 Å². The minimum atomic E-state index is -0.781. The summed E-state index contributed by atoms with van der Waals surface area (Å²) in [6, 6.07) is 4.77. The number of rotatable bonds is 4. The second kappa shape index (κ2) is 7.21. The Labute approximate surface area is 141 Å². The Balaban J connectivity index is 2.82. The molecule has 120 valence electrons. The molecule has 22 heavy (non-hydrogen) atoms. The summed E-state index contributed by atoms with van der Waals surface area (Å²) in [5.41, 5.74) is 0.330. The van der Waals surface area contributed by atoms with Gasteiger partial charge in [0, 0.05) is 5.02 Å². The molecule has 1 rings (SSSR count). The lowest BCUT2D eigenvalue weighted by Crippen LogP contribution is -2.47. The van der Waals surface area contributed by atoms with Gasteiger partial charge < -0.3 is 10.1 Å². The minimum Gasteiger partial charge on any atom is -0.479 e. The first kappa shape index (κ1) is 18.6. The maximum absolute atomic E-state index is 12.2. The zero-order chi connectivity index (χ0) is 17.1. The van der Waals surface area contributed by atoms with E-state index in [2.05, 4.69) is 11.4 Å². The number of nitriles is 1. The predicted octanol–water partition coefficient (Wildman–Crippen LogP) is 4.12. The molecule has 0 saturated carbocycles. The van der Waals surface area contributed by atoms with Gasteiger partial charge >= 0.3 is 0 Å². The Kier molecular flexibility index (Phi) is 6.10. The molecule has 6 heteroatoms. The highest BCUT2D eigenvalue weighted by Gasteiger charge is 2.28.